The van der Waals surface area contributed by atoms with Gasteiger partial charge in [-0.25, -0.2) is 4.98 Å². The predicted octanol–water partition coefficient (Wildman–Crippen LogP) is 3.05. The average Bonchev–Trinajstić information content (AvgIpc) is 3.08. The molecule has 1 amide bonds. The lowest BCUT2D eigenvalue weighted by Gasteiger charge is -2.16. The van der Waals surface area contributed by atoms with E-state index in [2.05, 4.69) is 26.2 Å². The van der Waals surface area contributed by atoms with Crippen LogP contribution in [0.2, 0.25) is 0 Å². The molecule has 0 saturated heterocycles. The first kappa shape index (κ1) is 18.1. The van der Waals surface area contributed by atoms with Gasteiger partial charge in [-0.3, -0.25) is 4.79 Å². The first-order valence-electron chi connectivity index (χ1n) is 7.78. The third-order valence-corrected chi connectivity index (χ3v) is 4.65. The number of fused-ring (bicyclic) bond motifs is 1. The molecule has 0 atom stereocenters. The molecule has 0 aliphatic rings. The van der Waals surface area contributed by atoms with Crippen LogP contribution >= 0.6 is 15.9 Å². The van der Waals surface area contributed by atoms with Gasteiger partial charge in [0.2, 0.25) is 5.75 Å². The Kier molecular flexibility index (Phi) is 5.32. The van der Waals surface area contributed by atoms with Gasteiger partial charge < -0.3 is 23.9 Å². The van der Waals surface area contributed by atoms with Gasteiger partial charge in [0, 0.05) is 12.4 Å². The lowest BCUT2D eigenvalue weighted by Crippen LogP contribution is -2.23. The molecule has 136 valence electrons. The number of benzene rings is 1. The van der Waals surface area contributed by atoms with Crippen molar-refractivity contribution in [2.75, 3.05) is 21.3 Å². The highest BCUT2D eigenvalue weighted by molar-refractivity contribution is 9.10. The van der Waals surface area contributed by atoms with Crippen LogP contribution in [0.15, 0.2) is 41.1 Å². The van der Waals surface area contributed by atoms with Crippen molar-refractivity contribution in [1.29, 1.82) is 0 Å². The zero-order valence-electron chi connectivity index (χ0n) is 14.6. The normalized spacial score (nSPS) is 10.6. The second-order valence-corrected chi connectivity index (χ2v) is 6.18. The minimum absolute atomic E-state index is 0.284. The van der Waals surface area contributed by atoms with Crippen LogP contribution in [0, 0.1) is 0 Å². The summed E-state index contributed by atoms with van der Waals surface area (Å²) in [5, 5.41) is 2.86. The van der Waals surface area contributed by atoms with E-state index in [0.717, 1.165) is 11.3 Å². The Labute approximate surface area is 159 Å². The largest absolute Gasteiger partial charge is 0.493 e. The molecule has 0 radical (unpaired) electrons. The Morgan fingerprint density at radius 2 is 1.96 bits per heavy atom. The summed E-state index contributed by atoms with van der Waals surface area (Å²) in [4.78, 5) is 17.1. The zero-order valence-corrected chi connectivity index (χ0v) is 16.2. The fourth-order valence-corrected chi connectivity index (χ4v) is 3.26. The maximum Gasteiger partial charge on any atom is 0.253 e. The lowest BCUT2D eigenvalue weighted by atomic mass is 10.1. The summed E-state index contributed by atoms with van der Waals surface area (Å²) in [7, 11) is 4.51. The minimum Gasteiger partial charge on any atom is -0.493 e. The number of imidazole rings is 1. The molecule has 3 aromatic rings. The van der Waals surface area contributed by atoms with E-state index in [1.807, 2.05) is 35.0 Å². The van der Waals surface area contributed by atoms with Crippen LogP contribution in [-0.2, 0) is 6.54 Å². The number of halogens is 1. The number of amides is 1. The molecule has 0 aliphatic heterocycles. The number of carbonyl (C=O) groups is 1. The highest BCUT2D eigenvalue weighted by atomic mass is 79.9. The van der Waals surface area contributed by atoms with E-state index < -0.39 is 0 Å². The Bertz CT molecular complexity index is 922. The standard InChI is InChI=1S/C18H18BrN3O4/c1-24-13-8-12(15(19)17(26-3)16(13)25-2)18(23)20-9-11-10-22-7-5-4-6-14(22)21-11/h4-8,10H,9H2,1-3H3,(H,20,23). The van der Waals surface area contributed by atoms with Gasteiger partial charge in [-0.1, -0.05) is 6.07 Å². The second kappa shape index (κ2) is 7.65. The van der Waals surface area contributed by atoms with Crippen LogP contribution < -0.4 is 19.5 Å². The van der Waals surface area contributed by atoms with Gasteiger partial charge in [0.05, 0.1) is 43.6 Å². The zero-order chi connectivity index (χ0) is 18.7. The molecule has 0 unspecified atom stereocenters. The fourth-order valence-electron chi connectivity index (χ4n) is 2.62. The molecule has 2 heterocycles. The summed E-state index contributed by atoms with van der Waals surface area (Å²) in [6.07, 6.45) is 3.78. The van der Waals surface area contributed by atoms with Crippen LogP contribution in [-0.4, -0.2) is 36.6 Å². The highest BCUT2D eigenvalue weighted by Crippen LogP contribution is 2.44. The first-order valence-corrected chi connectivity index (χ1v) is 8.57. The maximum absolute atomic E-state index is 12.7. The third-order valence-electron chi connectivity index (χ3n) is 3.86. The molecule has 2 aromatic heterocycles. The highest BCUT2D eigenvalue weighted by Gasteiger charge is 2.22. The molecule has 1 N–H and O–H groups in total. The molecule has 0 fully saturated rings. The molecule has 0 spiro atoms. The maximum atomic E-state index is 12.7. The monoisotopic (exact) mass is 419 g/mol. The molecule has 26 heavy (non-hydrogen) atoms. The summed E-state index contributed by atoms with van der Waals surface area (Å²) in [6, 6.07) is 7.34. The summed E-state index contributed by atoms with van der Waals surface area (Å²) in [5.41, 5.74) is 1.96. The Morgan fingerprint density at radius 1 is 1.19 bits per heavy atom. The van der Waals surface area contributed by atoms with Gasteiger partial charge in [-0.05, 0) is 34.1 Å². The molecule has 1 aromatic carbocycles. The van der Waals surface area contributed by atoms with Crippen LogP contribution in [0.25, 0.3) is 5.65 Å². The van der Waals surface area contributed by atoms with Gasteiger partial charge in [-0.2, -0.15) is 0 Å². The summed E-state index contributed by atoms with van der Waals surface area (Å²) >= 11 is 3.41. The van der Waals surface area contributed by atoms with Crippen molar-refractivity contribution < 1.29 is 19.0 Å². The van der Waals surface area contributed by atoms with Gasteiger partial charge in [0.15, 0.2) is 11.5 Å². The molecule has 7 nitrogen and oxygen atoms in total. The number of rotatable bonds is 6. The van der Waals surface area contributed by atoms with Gasteiger partial charge >= 0.3 is 0 Å². The van der Waals surface area contributed by atoms with Gasteiger partial charge in [0.25, 0.3) is 5.91 Å². The van der Waals surface area contributed by atoms with Crippen LogP contribution in [0.4, 0.5) is 0 Å². The molecule has 0 saturated carbocycles. The quantitative estimate of drug-likeness (QED) is 0.664. The Balaban J connectivity index is 1.85. The van der Waals surface area contributed by atoms with E-state index in [1.165, 1.54) is 21.3 Å². The third kappa shape index (κ3) is 3.32. The number of hydrogen-bond acceptors (Lipinski definition) is 5. The van der Waals surface area contributed by atoms with Crippen molar-refractivity contribution in [2.24, 2.45) is 0 Å². The Hall–Kier alpha value is -2.74. The SMILES string of the molecule is COc1cc(C(=O)NCc2cn3ccccc3n2)c(Br)c(OC)c1OC. The second-order valence-electron chi connectivity index (χ2n) is 5.39. The molecule has 3 rings (SSSR count). The van der Waals surface area contributed by atoms with Gasteiger partial charge in [-0.15, -0.1) is 0 Å². The Morgan fingerprint density at radius 3 is 2.62 bits per heavy atom. The first-order chi connectivity index (χ1) is 12.6. The van der Waals surface area contributed by atoms with Crippen molar-refractivity contribution in [3.05, 3.63) is 52.4 Å². The number of hydrogen-bond donors (Lipinski definition) is 1. The fraction of sp³-hybridized carbons (Fsp3) is 0.222. The minimum atomic E-state index is -0.284. The summed E-state index contributed by atoms with van der Waals surface area (Å²) in [6.45, 7) is 0.295. The van der Waals surface area contributed by atoms with Crippen molar-refractivity contribution in [1.82, 2.24) is 14.7 Å². The van der Waals surface area contributed by atoms with Crippen molar-refractivity contribution in [3.8, 4) is 17.2 Å². The van der Waals surface area contributed by atoms with Crippen molar-refractivity contribution in [2.45, 2.75) is 6.54 Å². The molecule has 0 aliphatic carbocycles. The molecular weight excluding hydrogens is 402 g/mol. The summed E-state index contributed by atoms with van der Waals surface area (Å²) < 4.78 is 18.4. The van der Waals surface area contributed by atoms with E-state index in [9.17, 15) is 4.79 Å². The van der Waals surface area contributed by atoms with Crippen LogP contribution in [0.1, 0.15) is 16.1 Å². The van der Waals surface area contributed by atoms with E-state index in [-0.39, 0.29) is 5.91 Å². The summed E-state index contributed by atoms with van der Waals surface area (Å²) in [5.74, 6) is 0.933. The van der Waals surface area contributed by atoms with Crippen LogP contribution in [0.3, 0.4) is 0 Å². The number of carbonyl (C=O) groups excluding carboxylic acids is 1. The number of methoxy groups -OCH3 is 3. The van der Waals surface area contributed by atoms with E-state index in [0.29, 0.717) is 33.8 Å². The van der Waals surface area contributed by atoms with Gasteiger partial charge in [0.1, 0.15) is 5.65 Å². The van der Waals surface area contributed by atoms with Crippen molar-refractivity contribution >= 4 is 27.5 Å². The van der Waals surface area contributed by atoms with E-state index in [4.69, 9.17) is 14.2 Å². The number of aromatic nitrogens is 2. The number of nitrogens with one attached hydrogen (secondary N) is 1. The smallest absolute Gasteiger partial charge is 0.253 e. The lowest BCUT2D eigenvalue weighted by molar-refractivity contribution is 0.0948. The number of ether oxygens (including phenoxy) is 3. The predicted molar refractivity (Wildman–Crippen MR) is 100 cm³/mol. The topological polar surface area (TPSA) is 74.1 Å². The average molecular weight is 420 g/mol. The van der Waals surface area contributed by atoms with E-state index in [1.54, 1.807) is 6.07 Å². The molecular formula is C18H18BrN3O4. The molecule has 8 heteroatoms. The molecule has 0 bridgehead atoms. The van der Waals surface area contributed by atoms with Crippen LogP contribution in [0.5, 0.6) is 17.2 Å². The number of nitrogens with zero attached hydrogens (tertiary/aromatic N) is 2. The number of pyridine rings is 1. The van der Waals surface area contributed by atoms with Crippen molar-refractivity contribution in [3.63, 3.8) is 0 Å². The van der Waals surface area contributed by atoms with E-state index >= 15 is 0 Å².